The van der Waals surface area contributed by atoms with Crippen LogP contribution in [0.15, 0.2) is 9.95 Å². The zero-order valence-electron chi connectivity index (χ0n) is 11.5. The summed E-state index contributed by atoms with van der Waals surface area (Å²) in [5.74, 6) is -1.26. The fourth-order valence-electron chi connectivity index (χ4n) is 1.43. The summed E-state index contributed by atoms with van der Waals surface area (Å²) < 4.78 is 1.16. The maximum atomic E-state index is 12.0. The van der Waals surface area contributed by atoms with E-state index in [1.54, 1.807) is 6.92 Å². The quantitative estimate of drug-likeness (QED) is 0.614. The van der Waals surface area contributed by atoms with Crippen molar-refractivity contribution in [2.24, 2.45) is 5.92 Å². The Bertz CT molecular complexity index is 537. The maximum Gasteiger partial charge on any atom is 0.344 e. The third-order valence-corrected chi connectivity index (χ3v) is 3.39. The number of hydrogen-bond donors (Lipinski definition) is 3. The monoisotopic (exact) mass is 302 g/mol. The van der Waals surface area contributed by atoms with Gasteiger partial charge in [-0.1, -0.05) is 25.6 Å². The zero-order valence-corrected chi connectivity index (χ0v) is 12.4. The number of nitrogens with zero attached hydrogens (tertiary/aromatic N) is 2. The van der Waals surface area contributed by atoms with E-state index < -0.39 is 17.7 Å². The molecule has 0 saturated carbocycles. The number of amides is 1. The van der Waals surface area contributed by atoms with Gasteiger partial charge in [0.25, 0.3) is 0 Å². The van der Waals surface area contributed by atoms with Gasteiger partial charge in [0.05, 0.1) is 5.75 Å². The van der Waals surface area contributed by atoms with Crippen LogP contribution < -0.4 is 11.0 Å². The number of hydrogen-bond acceptors (Lipinski definition) is 5. The summed E-state index contributed by atoms with van der Waals surface area (Å²) >= 11 is 0.887. The second-order valence-corrected chi connectivity index (χ2v) is 5.62. The van der Waals surface area contributed by atoms with Crippen molar-refractivity contribution in [3.63, 3.8) is 0 Å². The Kier molecular flexibility index (Phi) is 5.81. The Hall–Kier alpha value is -1.77. The molecule has 8 nitrogen and oxygen atoms in total. The molecule has 1 heterocycles. The molecule has 0 radical (unpaired) electrons. The highest BCUT2D eigenvalue weighted by atomic mass is 32.2. The van der Waals surface area contributed by atoms with Gasteiger partial charge in [0, 0.05) is 6.54 Å². The molecular weight excluding hydrogens is 284 g/mol. The molecule has 1 aromatic rings. The normalized spacial score (nSPS) is 12.4. The Morgan fingerprint density at radius 2 is 2.10 bits per heavy atom. The van der Waals surface area contributed by atoms with Crippen molar-refractivity contribution in [2.75, 3.05) is 12.3 Å². The molecule has 0 saturated heterocycles. The van der Waals surface area contributed by atoms with Crippen LogP contribution in [-0.2, 0) is 9.59 Å². The number of aliphatic carboxylic acids is 1. The second-order valence-electron chi connectivity index (χ2n) is 4.68. The topological polar surface area (TPSA) is 117 Å². The van der Waals surface area contributed by atoms with Crippen molar-refractivity contribution in [2.45, 2.75) is 32.0 Å². The van der Waals surface area contributed by atoms with E-state index in [9.17, 15) is 14.4 Å². The highest BCUT2D eigenvalue weighted by molar-refractivity contribution is 7.99. The highest BCUT2D eigenvalue weighted by Gasteiger charge is 2.22. The standard InChI is InChI=1S/C11H18N4O4S/c1-6(2)4-12-9(18)7(3)15-10(19)13-14-11(15)20-5-8(16)17/h6-7H,4-5H2,1-3H3,(H,12,18)(H,13,19)(H,16,17). The molecular formula is C11H18N4O4S. The fraction of sp³-hybridized carbons (Fsp3) is 0.636. The van der Waals surface area contributed by atoms with E-state index in [0.717, 1.165) is 16.3 Å². The summed E-state index contributed by atoms with van der Waals surface area (Å²) in [5, 5.41) is 17.5. The molecule has 20 heavy (non-hydrogen) atoms. The first kappa shape index (κ1) is 16.3. The summed E-state index contributed by atoms with van der Waals surface area (Å²) in [7, 11) is 0. The van der Waals surface area contributed by atoms with Crippen LogP contribution in [0.25, 0.3) is 0 Å². The molecule has 3 N–H and O–H groups in total. The fourth-order valence-corrected chi connectivity index (χ4v) is 2.17. The van der Waals surface area contributed by atoms with E-state index in [4.69, 9.17) is 5.11 Å². The van der Waals surface area contributed by atoms with E-state index >= 15 is 0 Å². The number of H-pyrrole nitrogens is 1. The Morgan fingerprint density at radius 1 is 1.45 bits per heavy atom. The van der Waals surface area contributed by atoms with Gasteiger partial charge in [0.15, 0.2) is 5.16 Å². The number of carbonyl (C=O) groups is 2. The molecule has 0 aromatic carbocycles. The van der Waals surface area contributed by atoms with Gasteiger partial charge in [-0.15, -0.1) is 5.10 Å². The summed E-state index contributed by atoms with van der Waals surface area (Å²) in [4.78, 5) is 34.2. The third kappa shape index (κ3) is 4.41. The summed E-state index contributed by atoms with van der Waals surface area (Å²) in [6.45, 7) is 6.00. The molecule has 0 aliphatic rings. The van der Waals surface area contributed by atoms with Crippen molar-refractivity contribution >= 4 is 23.6 Å². The van der Waals surface area contributed by atoms with Crippen molar-refractivity contribution in [3.05, 3.63) is 10.5 Å². The molecule has 1 atom stereocenters. The molecule has 0 fully saturated rings. The van der Waals surface area contributed by atoms with Crippen LogP contribution in [-0.4, -0.2) is 44.0 Å². The summed E-state index contributed by atoms with van der Waals surface area (Å²) in [6, 6.07) is -0.753. The molecule has 0 bridgehead atoms. The largest absolute Gasteiger partial charge is 0.481 e. The highest BCUT2D eigenvalue weighted by Crippen LogP contribution is 2.16. The number of carbonyl (C=O) groups excluding carboxylic acids is 1. The average Bonchev–Trinajstić information content (AvgIpc) is 2.73. The van der Waals surface area contributed by atoms with Gasteiger partial charge in [-0.2, -0.15) is 0 Å². The Labute approximate surface area is 119 Å². The van der Waals surface area contributed by atoms with E-state index in [1.807, 2.05) is 13.8 Å². The number of thioether (sulfide) groups is 1. The molecule has 1 amide bonds. The number of carboxylic acid groups (broad SMARTS) is 1. The molecule has 9 heteroatoms. The third-order valence-electron chi connectivity index (χ3n) is 2.45. The van der Waals surface area contributed by atoms with Crippen LogP contribution in [0.1, 0.15) is 26.8 Å². The first-order chi connectivity index (χ1) is 9.32. The van der Waals surface area contributed by atoms with Crippen LogP contribution in [0.2, 0.25) is 0 Å². The lowest BCUT2D eigenvalue weighted by Gasteiger charge is -2.15. The lowest BCUT2D eigenvalue weighted by Crippen LogP contribution is -2.37. The minimum Gasteiger partial charge on any atom is -0.481 e. The average molecular weight is 302 g/mol. The van der Waals surface area contributed by atoms with Crippen LogP contribution in [0.4, 0.5) is 0 Å². The van der Waals surface area contributed by atoms with Gasteiger partial charge in [-0.3, -0.25) is 14.2 Å². The van der Waals surface area contributed by atoms with Crippen LogP contribution in [0.5, 0.6) is 0 Å². The van der Waals surface area contributed by atoms with Gasteiger partial charge >= 0.3 is 11.7 Å². The van der Waals surface area contributed by atoms with Crippen LogP contribution in [0.3, 0.4) is 0 Å². The predicted octanol–water partition coefficient (Wildman–Crippen LogP) is 0.0813. The number of carboxylic acids is 1. The summed E-state index contributed by atoms with van der Waals surface area (Å²) in [6.07, 6.45) is 0. The van der Waals surface area contributed by atoms with Crippen molar-refractivity contribution in [1.82, 2.24) is 20.1 Å². The number of nitrogens with one attached hydrogen (secondary N) is 2. The minimum atomic E-state index is -1.02. The van der Waals surface area contributed by atoms with E-state index in [-0.39, 0.29) is 16.8 Å². The lowest BCUT2D eigenvalue weighted by molar-refractivity contribution is -0.133. The maximum absolute atomic E-state index is 12.0. The molecule has 112 valence electrons. The van der Waals surface area contributed by atoms with Gasteiger partial charge in [-0.25, -0.2) is 9.89 Å². The zero-order chi connectivity index (χ0) is 15.3. The predicted molar refractivity (Wildman–Crippen MR) is 73.8 cm³/mol. The molecule has 0 aliphatic carbocycles. The number of rotatable bonds is 7. The lowest BCUT2D eigenvalue weighted by atomic mass is 10.2. The summed E-state index contributed by atoms with van der Waals surface area (Å²) in [5.41, 5.74) is -0.537. The van der Waals surface area contributed by atoms with E-state index in [2.05, 4.69) is 15.5 Å². The Morgan fingerprint density at radius 3 is 2.65 bits per heavy atom. The van der Waals surface area contributed by atoms with Gasteiger partial charge in [-0.05, 0) is 12.8 Å². The number of aromatic nitrogens is 3. The Balaban J connectivity index is 2.83. The van der Waals surface area contributed by atoms with E-state index in [0.29, 0.717) is 12.5 Å². The van der Waals surface area contributed by atoms with Gasteiger partial charge < -0.3 is 10.4 Å². The smallest absolute Gasteiger partial charge is 0.344 e. The molecule has 1 unspecified atom stereocenters. The van der Waals surface area contributed by atoms with Crippen molar-refractivity contribution in [1.29, 1.82) is 0 Å². The first-order valence-corrected chi connectivity index (χ1v) is 7.10. The minimum absolute atomic E-state index is 0.185. The molecule has 0 aliphatic heterocycles. The van der Waals surface area contributed by atoms with Crippen LogP contribution in [0, 0.1) is 5.92 Å². The van der Waals surface area contributed by atoms with E-state index in [1.165, 1.54) is 0 Å². The SMILES string of the molecule is CC(C)CNC(=O)C(C)n1c(SCC(=O)O)n[nH]c1=O. The van der Waals surface area contributed by atoms with Gasteiger partial charge in [0.2, 0.25) is 5.91 Å². The van der Waals surface area contributed by atoms with Crippen molar-refractivity contribution in [3.8, 4) is 0 Å². The number of aromatic amines is 1. The van der Waals surface area contributed by atoms with Gasteiger partial charge in [0.1, 0.15) is 6.04 Å². The van der Waals surface area contributed by atoms with Crippen LogP contribution >= 0.6 is 11.8 Å². The molecule has 1 rings (SSSR count). The molecule has 0 spiro atoms. The second kappa shape index (κ2) is 7.13. The van der Waals surface area contributed by atoms with Crippen molar-refractivity contribution < 1.29 is 14.7 Å². The molecule has 1 aromatic heterocycles. The first-order valence-electron chi connectivity index (χ1n) is 6.12.